The quantitative estimate of drug-likeness (QED) is 0.669. The number of hydrogen-bond donors (Lipinski definition) is 2. The molecule has 1 atom stereocenters. The molecule has 0 fully saturated rings. The molecule has 1 aliphatic rings. The molecule has 0 aliphatic carbocycles. The van der Waals surface area contributed by atoms with Gasteiger partial charge in [0.05, 0.1) is 12.7 Å². The molecular weight excluding hydrogens is 415 g/mol. The number of amides is 1. The number of methoxy groups -OCH3 is 1. The summed E-state index contributed by atoms with van der Waals surface area (Å²) in [5.41, 5.74) is -3.68. The average molecular weight is 437 g/mol. The fraction of sp³-hybridized carbons (Fsp3) is 0.364. The molecule has 2 aromatic carbocycles. The lowest BCUT2D eigenvalue weighted by molar-refractivity contribution is -0.254. The number of nitrogens with one attached hydrogen (secondary N) is 1. The van der Waals surface area contributed by atoms with E-state index in [-0.39, 0.29) is 17.9 Å². The van der Waals surface area contributed by atoms with Gasteiger partial charge in [0.2, 0.25) is 5.60 Å². The maximum absolute atomic E-state index is 13.9. The zero-order valence-corrected chi connectivity index (χ0v) is 17.2. The highest BCUT2D eigenvalue weighted by molar-refractivity contribution is 5.99. The summed E-state index contributed by atoms with van der Waals surface area (Å²) in [7, 11) is 1.43. The third-order valence-corrected chi connectivity index (χ3v) is 5.34. The van der Waals surface area contributed by atoms with Crippen molar-refractivity contribution in [1.29, 1.82) is 0 Å². The van der Waals surface area contributed by atoms with Crippen LogP contribution in [-0.2, 0) is 21.6 Å². The Morgan fingerprint density at radius 2 is 1.90 bits per heavy atom. The molecule has 6 nitrogen and oxygen atoms in total. The first-order valence-electron chi connectivity index (χ1n) is 9.42. The van der Waals surface area contributed by atoms with Gasteiger partial charge in [0.15, 0.2) is 0 Å². The monoisotopic (exact) mass is 437 g/mol. The van der Waals surface area contributed by atoms with Crippen LogP contribution in [0.2, 0.25) is 0 Å². The van der Waals surface area contributed by atoms with E-state index in [0.29, 0.717) is 16.9 Å². The summed E-state index contributed by atoms with van der Waals surface area (Å²) in [5, 5.41) is 12.7. The minimum Gasteiger partial charge on any atom is -0.497 e. The third-order valence-electron chi connectivity index (χ3n) is 5.34. The van der Waals surface area contributed by atoms with Crippen molar-refractivity contribution in [2.45, 2.75) is 44.1 Å². The van der Waals surface area contributed by atoms with Crippen molar-refractivity contribution in [2.24, 2.45) is 0 Å². The Morgan fingerprint density at radius 3 is 2.55 bits per heavy atom. The van der Waals surface area contributed by atoms with Gasteiger partial charge in [0.1, 0.15) is 12.4 Å². The fourth-order valence-electron chi connectivity index (χ4n) is 3.54. The Labute approximate surface area is 177 Å². The molecule has 2 aromatic rings. The second-order valence-electron chi connectivity index (χ2n) is 8.05. The summed E-state index contributed by atoms with van der Waals surface area (Å²) in [4.78, 5) is 24.2. The number of rotatable bonds is 6. The van der Waals surface area contributed by atoms with Crippen LogP contribution in [0.1, 0.15) is 41.8 Å². The Balaban J connectivity index is 1.89. The molecule has 0 aromatic heterocycles. The first-order valence-corrected chi connectivity index (χ1v) is 9.42. The van der Waals surface area contributed by atoms with Crippen LogP contribution in [0.3, 0.4) is 0 Å². The molecule has 2 N–H and O–H groups in total. The van der Waals surface area contributed by atoms with Crippen molar-refractivity contribution in [2.75, 3.05) is 12.4 Å². The molecule has 1 unspecified atom stereocenters. The van der Waals surface area contributed by atoms with Gasteiger partial charge in [0, 0.05) is 17.7 Å². The molecule has 0 saturated carbocycles. The lowest BCUT2D eigenvalue weighted by Crippen LogP contribution is -2.57. The number of cyclic esters (lactones) is 1. The molecule has 1 amide bonds. The molecule has 1 heterocycles. The molecule has 3 rings (SSSR count). The van der Waals surface area contributed by atoms with E-state index in [4.69, 9.17) is 9.47 Å². The Bertz CT molecular complexity index is 1020. The third kappa shape index (κ3) is 4.36. The van der Waals surface area contributed by atoms with E-state index in [0.717, 1.165) is 0 Å². The predicted molar refractivity (Wildman–Crippen MR) is 106 cm³/mol. The van der Waals surface area contributed by atoms with Crippen molar-refractivity contribution in [3.63, 3.8) is 0 Å². The predicted octanol–water partition coefficient (Wildman–Crippen LogP) is 3.97. The van der Waals surface area contributed by atoms with Crippen LogP contribution < -0.4 is 10.1 Å². The van der Waals surface area contributed by atoms with Crippen LogP contribution in [-0.4, -0.2) is 35.9 Å². The molecule has 0 saturated heterocycles. The first kappa shape index (κ1) is 22.6. The second-order valence-corrected chi connectivity index (χ2v) is 8.05. The summed E-state index contributed by atoms with van der Waals surface area (Å²) < 4.78 is 51.7. The van der Waals surface area contributed by atoms with Gasteiger partial charge in [-0.05, 0) is 41.3 Å². The number of aliphatic hydroxyl groups is 1. The number of ether oxygens (including phenoxy) is 2. The van der Waals surface area contributed by atoms with E-state index >= 15 is 0 Å². The van der Waals surface area contributed by atoms with E-state index in [1.165, 1.54) is 39.2 Å². The zero-order valence-electron chi connectivity index (χ0n) is 17.2. The molecule has 0 bridgehead atoms. The number of fused-ring (bicyclic) bond motifs is 1. The molecule has 31 heavy (non-hydrogen) atoms. The van der Waals surface area contributed by atoms with Gasteiger partial charge in [-0.2, -0.15) is 13.2 Å². The van der Waals surface area contributed by atoms with Crippen molar-refractivity contribution < 1.29 is 37.3 Å². The van der Waals surface area contributed by atoms with Gasteiger partial charge in [-0.1, -0.05) is 26.0 Å². The SMILES string of the molecule is COc1cccc(C(C)(C)CC(O)(C(=O)Nc2ccc3c(c2)COC3=O)C(F)(F)F)c1. The molecule has 1 aliphatic heterocycles. The highest BCUT2D eigenvalue weighted by atomic mass is 19.4. The van der Waals surface area contributed by atoms with Gasteiger partial charge in [-0.3, -0.25) is 4.79 Å². The van der Waals surface area contributed by atoms with Crippen LogP contribution in [0.4, 0.5) is 18.9 Å². The van der Waals surface area contributed by atoms with E-state index < -0.39 is 35.5 Å². The second kappa shape index (κ2) is 7.88. The number of hydrogen-bond acceptors (Lipinski definition) is 5. The van der Waals surface area contributed by atoms with Crippen LogP contribution in [0.5, 0.6) is 5.75 Å². The minimum atomic E-state index is -5.23. The highest BCUT2D eigenvalue weighted by Crippen LogP contribution is 2.42. The average Bonchev–Trinajstić information content (AvgIpc) is 3.07. The lowest BCUT2D eigenvalue weighted by Gasteiger charge is -2.36. The Hall–Kier alpha value is -3.07. The van der Waals surface area contributed by atoms with Gasteiger partial charge < -0.3 is 19.9 Å². The van der Waals surface area contributed by atoms with Crippen molar-refractivity contribution in [3.05, 3.63) is 59.2 Å². The maximum Gasteiger partial charge on any atom is 0.426 e. The van der Waals surface area contributed by atoms with Crippen molar-refractivity contribution in [1.82, 2.24) is 0 Å². The van der Waals surface area contributed by atoms with Gasteiger partial charge >= 0.3 is 12.1 Å². The number of esters is 1. The van der Waals surface area contributed by atoms with E-state index in [1.54, 1.807) is 24.3 Å². The van der Waals surface area contributed by atoms with Gasteiger partial charge in [0.25, 0.3) is 5.91 Å². The maximum atomic E-state index is 13.9. The number of alkyl halides is 3. The van der Waals surface area contributed by atoms with Crippen LogP contribution in [0.25, 0.3) is 0 Å². The first-order chi connectivity index (χ1) is 14.4. The standard InChI is InChI=1S/C22H22F3NO5/c1-20(2,14-5-4-6-16(10-14)30-3)12-21(29,22(23,24)25)19(28)26-15-7-8-17-13(9-15)11-31-18(17)27/h4-10,29H,11-12H2,1-3H3,(H,26,28). The molecule has 9 heteroatoms. The number of carbonyl (C=O) groups excluding carboxylic acids is 2. The smallest absolute Gasteiger partial charge is 0.426 e. The minimum absolute atomic E-state index is 0.0175. The number of halogens is 3. The van der Waals surface area contributed by atoms with Crippen molar-refractivity contribution in [3.8, 4) is 5.75 Å². The van der Waals surface area contributed by atoms with Gasteiger partial charge in [-0.15, -0.1) is 0 Å². The zero-order chi connectivity index (χ0) is 23.0. The molecule has 0 radical (unpaired) electrons. The summed E-state index contributed by atoms with van der Waals surface area (Å²) >= 11 is 0. The lowest BCUT2D eigenvalue weighted by atomic mass is 9.74. The fourth-order valence-corrected chi connectivity index (χ4v) is 3.54. The number of anilines is 1. The molecule has 166 valence electrons. The van der Waals surface area contributed by atoms with Crippen LogP contribution in [0.15, 0.2) is 42.5 Å². The highest BCUT2D eigenvalue weighted by Gasteiger charge is 2.61. The topological polar surface area (TPSA) is 84.9 Å². The van der Waals surface area contributed by atoms with E-state index in [2.05, 4.69) is 5.32 Å². The van der Waals surface area contributed by atoms with E-state index in [1.807, 2.05) is 0 Å². The van der Waals surface area contributed by atoms with Gasteiger partial charge in [-0.25, -0.2) is 4.79 Å². The summed E-state index contributed by atoms with van der Waals surface area (Å²) in [6.07, 6.45) is -6.15. The van der Waals surface area contributed by atoms with E-state index in [9.17, 15) is 27.9 Å². The molecular formula is C22H22F3NO5. The van der Waals surface area contributed by atoms with Crippen LogP contribution >= 0.6 is 0 Å². The summed E-state index contributed by atoms with van der Waals surface area (Å²) in [6.45, 7) is 2.97. The summed E-state index contributed by atoms with van der Waals surface area (Å²) in [5.74, 6) is -1.71. The Kier molecular flexibility index (Phi) is 5.75. The normalized spacial score (nSPS) is 15.6. The summed E-state index contributed by atoms with van der Waals surface area (Å²) in [6, 6.07) is 10.4. The largest absolute Gasteiger partial charge is 0.497 e. The molecule has 0 spiro atoms. The number of benzene rings is 2. The Morgan fingerprint density at radius 1 is 1.19 bits per heavy atom. The van der Waals surface area contributed by atoms with Crippen molar-refractivity contribution >= 4 is 17.6 Å². The van der Waals surface area contributed by atoms with Crippen LogP contribution in [0, 0.1) is 0 Å². The number of carbonyl (C=O) groups is 2.